The van der Waals surface area contributed by atoms with E-state index in [-0.39, 0.29) is 25.7 Å². The molecular formula is C80H156O17P2. The van der Waals surface area contributed by atoms with E-state index in [1.165, 1.54) is 250 Å². The Morgan fingerprint density at radius 2 is 0.404 bits per heavy atom. The molecule has 0 aliphatic heterocycles. The lowest BCUT2D eigenvalue weighted by Crippen LogP contribution is -2.30. The Kier molecular flexibility index (Phi) is 72.9. The standard InChI is InChI=1S/C80H156O17P2/c1-5-9-13-17-21-24-27-30-33-35-36-37-38-39-40-42-45-48-51-55-59-63-67-80(85)97-76(71-91-78(83)65-61-57-53-49-46-44-41-34-31-28-25-22-18-14-10-6-2)73-95-99(88,89)93-69-74(81)68-92-98(86,87)94-72-75(70-90-77(82)64-60-56-52-20-16-12-8-4)96-79(84)66-62-58-54-50-47-43-32-29-26-23-19-15-11-7-3/h74-76,81H,5-73H2,1-4H3,(H,86,87)(H,88,89)/t74-,75+,76+/m0/s1. The third-order valence-corrected chi connectivity index (χ3v) is 20.8. The minimum absolute atomic E-state index is 0.108. The zero-order chi connectivity index (χ0) is 72.5. The van der Waals surface area contributed by atoms with Crippen molar-refractivity contribution < 1.29 is 80.2 Å². The van der Waals surface area contributed by atoms with E-state index >= 15 is 0 Å². The molecule has 2 unspecified atom stereocenters. The molecule has 0 saturated heterocycles. The number of hydrogen-bond acceptors (Lipinski definition) is 15. The van der Waals surface area contributed by atoms with Crippen LogP contribution < -0.4 is 0 Å². The van der Waals surface area contributed by atoms with E-state index in [2.05, 4.69) is 27.7 Å². The van der Waals surface area contributed by atoms with Gasteiger partial charge >= 0.3 is 39.5 Å². The van der Waals surface area contributed by atoms with Crippen LogP contribution in [-0.4, -0.2) is 96.7 Å². The maximum atomic E-state index is 13.1. The summed E-state index contributed by atoms with van der Waals surface area (Å²) in [5, 5.41) is 10.6. The molecule has 0 aliphatic rings. The monoisotopic (exact) mass is 1450 g/mol. The number of aliphatic hydroxyl groups is 1. The van der Waals surface area contributed by atoms with Crippen LogP contribution in [0.5, 0.6) is 0 Å². The van der Waals surface area contributed by atoms with E-state index in [4.69, 9.17) is 37.0 Å². The molecular weight excluding hydrogens is 1290 g/mol. The van der Waals surface area contributed by atoms with Gasteiger partial charge in [-0.25, -0.2) is 9.13 Å². The summed E-state index contributed by atoms with van der Waals surface area (Å²) in [5.74, 6) is -2.11. The van der Waals surface area contributed by atoms with Gasteiger partial charge in [-0.1, -0.05) is 381 Å². The second-order valence-electron chi connectivity index (χ2n) is 28.8. The Balaban J connectivity index is 5.15. The molecule has 0 rings (SSSR count). The van der Waals surface area contributed by atoms with Crippen molar-refractivity contribution in [3.8, 4) is 0 Å². The molecule has 0 aromatic rings. The molecule has 99 heavy (non-hydrogen) atoms. The highest BCUT2D eigenvalue weighted by Gasteiger charge is 2.30. The van der Waals surface area contributed by atoms with E-state index in [1.807, 2.05) is 0 Å². The van der Waals surface area contributed by atoms with Crippen LogP contribution in [0.3, 0.4) is 0 Å². The van der Waals surface area contributed by atoms with Gasteiger partial charge in [0.15, 0.2) is 12.2 Å². The fourth-order valence-corrected chi connectivity index (χ4v) is 14.0. The summed E-state index contributed by atoms with van der Waals surface area (Å²) in [4.78, 5) is 72.8. The van der Waals surface area contributed by atoms with Crippen molar-refractivity contribution in [2.45, 2.75) is 451 Å². The topological polar surface area (TPSA) is 237 Å². The lowest BCUT2D eigenvalue weighted by Gasteiger charge is -2.21. The smallest absolute Gasteiger partial charge is 0.462 e. The predicted octanol–water partition coefficient (Wildman–Crippen LogP) is 24.2. The first-order chi connectivity index (χ1) is 48.2. The van der Waals surface area contributed by atoms with Crippen LogP contribution in [0.2, 0.25) is 0 Å². The van der Waals surface area contributed by atoms with Gasteiger partial charge in [0.25, 0.3) is 0 Å². The Bertz CT molecular complexity index is 1880. The third kappa shape index (κ3) is 74.1. The normalized spacial score (nSPS) is 13.8. The van der Waals surface area contributed by atoms with Gasteiger partial charge in [0.05, 0.1) is 26.4 Å². The number of esters is 4. The average molecular weight is 1450 g/mol. The summed E-state index contributed by atoms with van der Waals surface area (Å²) in [6.07, 6.45) is 66.8. The van der Waals surface area contributed by atoms with Gasteiger partial charge in [-0.15, -0.1) is 0 Å². The number of aliphatic hydroxyl groups excluding tert-OH is 1. The van der Waals surface area contributed by atoms with E-state index in [0.29, 0.717) is 25.7 Å². The highest BCUT2D eigenvalue weighted by atomic mass is 31.2. The first-order valence-corrected chi connectivity index (χ1v) is 44.8. The van der Waals surface area contributed by atoms with Crippen LogP contribution >= 0.6 is 15.6 Å². The number of carbonyl (C=O) groups is 4. The number of phosphoric ester groups is 2. The number of ether oxygens (including phenoxy) is 4. The molecule has 0 aromatic heterocycles. The average Bonchev–Trinajstić information content (AvgIpc) is 0.969. The first kappa shape index (κ1) is 97.1. The largest absolute Gasteiger partial charge is 0.472 e. The summed E-state index contributed by atoms with van der Waals surface area (Å²) in [7, 11) is -9.91. The molecule has 0 amide bonds. The van der Waals surface area contributed by atoms with Crippen LogP contribution in [-0.2, 0) is 65.4 Å². The lowest BCUT2D eigenvalue weighted by atomic mass is 10.0. The van der Waals surface area contributed by atoms with Crippen molar-refractivity contribution in [3.63, 3.8) is 0 Å². The molecule has 5 atom stereocenters. The Morgan fingerprint density at radius 1 is 0.242 bits per heavy atom. The minimum atomic E-state index is -4.96. The number of rotatable bonds is 81. The van der Waals surface area contributed by atoms with E-state index < -0.39 is 97.5 Å². The van der Waals surface area contributed by atoms with E-state index in [9.17, 15) is 43.2 Å². The quantitative estimate of drug-likeness (QED) is 0.0222. The molecule has 17 nitrogen and oxygen atoms in total. The van der Waals surface area contributed by atoms with Gasteiger partial charge in [-0.05, 0) is 25.7 Å². The molecule has 0 fully saturated rings. The summed E-state index contributed by atoms with van der Waals surface area (Å²) in [6.45, 7) is 4.98. The summed E-state index contributed by atoms with van der Waals surface area (Å²) < 4.78 is 68.6. The fraction of sp³-hybridized carbons (Fsp3) is 0.950. The van der Waals surface area contributed by atoms with Crippen molar-refractivity contribution in [2.24, 2.45) is 0 Å². The second-order valence-corrected chi connectivity index (χ2v) is 31.7. The van der Waals surface area contributed by atoms with Crippen molar-refractivity contribution in [3.05, 3.63) is 0 Å². The zero-order valence-electron chi connectivity index (χ0n) is 64.5. The number of hydrogen-bond donors (Lipinski definition) is 3. The van der Waals surface area contributed by atoms with Gasteiger partial charge in [0.2, 0.25) is 0 Å². The molecule has 19 heteroatoms. The maximum absolute atomic E-state index is 13.1. The highest BCUT2D eigenvalue weighted by Crippen LogP contribution is 2.45. The fourth-order valence-electron chi connectivity index (χ4n) is 12.5. The van der Waals surface area contributed by atoms with Crippen molar-refractivity contribution in [2.75, 3.05) is 39.6 Å². The number of carbonyl (C=O) groups excluding carboxylic acids is 4. The van der Waals surface area contributed by atoms with Gasteiger partial charge in [0, 0.05) is 25.7 Å². The molecule has 0 bridgehead atoms. The van der Waals surface area contributed by atoms with Gasteiger partial charge in [-0.3, -0.25) is 37.3 Å². The van der Waals surface area contributed by atoms with Crippen LogP contribution in [0.1, 0.15) is 432 Å². The molecule has 588 valence electrons. The molecule has 0 spiro atoms. The Morgan fingerprint density at radius 3 is 0.596 bits per heavy atom. The predicted molar refractivity (Wildman–Crippen MR) is 405 cm³/mol. The molecule has 0 aromatic carbocycles. The molecule has 0 aliphatic carbocycles. The second kappa shape index (κ2) is 74.3. The van der Waals surface area contributed by atoms with Crippen LogP contribution in [0, 0.1) is 0 Å². The van der Waals surface area contributed by atoms with Crippen molar-refractivity contribution >= 4 is 39.5 Å². The lowest BCUT2D eigenvalue weighted by molar-refractivity contribution is -0.161. The van der Waals surface area contributed by atoms with E-state index in [1.54, 1.807) is 0 Å². The molecule has 0 heterocycles. The Labute approximate surface area is 607 Å². The number of unbranched alkanes of at least 4 members (excludes halogenated alkanes) is 55. The SMILES string of the molecule is CCCCCCCCCCCCCCCCCCCCCCCCC(=O)O[C@H](COC(=O)CCCCCCCCCCCCCCCCCC)COP(=O)(O)OC[C@@H](O)COP(=O)(O)OC[C@@H](COC(=O)CCCCCCCCC)OC(=O)CCCCCCCCCCCCCCCC. The summed E-state index contributed by atoms with van der Waals surface area (Å²) >= 11 is 0. The number of phosphoric acid groups is 2. The first-order valence-electron chi connectivity index (χ1n) is 41.8. The zero-order valence-corrected chi connectivity index (χ0v) is 66.3. The Hall–Kier alpha value is -1.94. The van der Waals surface area contributed by atoms with Crippen LogP contribution in [0.4, 0.5) is 0 Å². The maximum Gasteiger partial charge on any atom is 0.472 e. The van der Waals surface area contributed by atoms with Crippen molar-refractivity contribution in [1.82, 2.24) is 0 Å². The molecule has 0 radical (unpaired) electrons. The summed E-state index contributed by atoms with van der Waals surface area (Å²) in [5.41, 5.74) is 0. The van der Waals surface area contributed by atoms with Gasteiger partial charge < -0.3 is 33.8 Å². The highest BCUT2D eigenvalue weighted by molar-refractivity contribution is 7.47. The van der Waals surface area contributed by atoms with Gasteiger partial charge in [-0.2, -0.15) is 0 Å². The third-order valence-electron chi connectivity index (χ3n) is 18.9. The van der Waals surface area contributed by atoms with Crippen LogP contribution in [0.25, 0.3) is 0 Å². The van der Waals surface area contributed by atoms with Crippen LogP contribution in [0.15, 0.2) is 0 Å². The summed E-state index contributed by atoms with van der Waals surface area (Å²) in [6, 6.07) is 0. The minimum Gasteiger partial charge on any atom is -0.462 e. The molecule has 3 N–H and O–H groups in total. The van der Waals surface area contributed by atoms with E-state index in [0.717, 1.165) is 103 Å². The van der Waals surface area contributed by atoms with Crippen molar-refractivity contribution in [1.29, 1.82) is 0 Å². The molecule has 0 saturated carbocycles. The van der Waals surface area contributed by atoms with Gasteiger partial charge in [0.1, 0.15) is 19.3 Å².